The molecule has 1 aliphatic rings. The lowest BCUT2D eigenvalue weighted by molar-refractivity contribution is -0.285. The molecule has 0 aliphatic carbocycles. The molecule has 6 aromatic rings. The van der Waals surface area contributed by atoms with Crippen molar-refractivity contribution in [1.29, 1.82) is 0 Å². The number of rotatable bonds is 7. The standard InChI is InChI=1S/C34H24O22/c35-6-16-23(44)28(55-30(46)7-1-11(36)19(40)12(37)2-7)29(34(50)52-16)56-33(49)10-4-13(38)20(41)24(45)25(10)51-15-5-9-18-17-8(31(47)54-27(18)22(15)43)3-14(39)21(42)26(17)53-32(9)48/h1-5,16,23,28-29,34-45,50H,6H2/t16-,23-,28-,29-,34-/m1/s1. The minimum absolute atomic E-state index is 0.273. The van der Waals surface area contributed by atoms with Crippen LogP contribution in [-0.2, 0) is 14.2 Å². The van der Waals surface area contributed by atoms with Crippen molar-refractivity contribution in [3.05, 3.63) is 62.3 Å². The fourth-order valence-electron chi connectivity index (χ4n) is 6.06. The van der Waals surface area contributed by atoms with Crippen LogP contribution in [0, 0.1) is 0 Å². The van der Waals surface area contributed by atoms with Gasteiger partial charge in [-0.05, 0) is 18.2 Å². The van der Waals surface area contributed by atoms with Crippen LogP contribution in [0.25, 0.3) is 32.7 Å². The number of hydrogen-bond acceptors (Lipinski definition) is 22. The van der Waals surface area contributed by atoms with Crippen LogP contribution in [0.1, 0.15) is 20.7 Å². The number of esters is 2. The van der Waals surface area contributed by atoms with Crippen molar-refractivity contribution < 1.29 is 98.6 Å². The second-order valence-electron chi connectivity index (χ2n) is 12.2. The van der Waals surface area contributed by atoms with E-state index in [0.29, 0.717) is 18.2 Å². The van der Waals surface area contributed by atoms with Crippen LogP contribution in [0.15, 0.2) is 48.8 Å². The zero-order valence-electron chi connectivity index (χ0n) is 27.4. The first-order valence-electron chi connectivity index (χ1n) is 15.6. The van der Waals surface area contributed by atoms with Gasteiger partial charge in [0.2, 0.25) is 23.0 Å². The fraction of sp³-hybridized carbons (Fsp3) is 0.176. The monoisotopic (exact) mass is 784 g/mol. The molecule has 0 unspecified atom stereocenters. The lowest BCUT2D eigenvalue weighted by Gasteiger charge is -2.41. The Labute approximate surface area is 306 Å². The number of hydrogen-bond donors (Lipinski definition) is 12. The summed E-state index contributed by atoms with van der Waals surface area (Å²) in [6.45, 7) is -0.989. The summed E-state index contributed by atoms with van der Waals surface area (Å²) in [6, 6.07) is 3.32. The third kappa shape index (κ3) is 5.68. The Hall–Kier alpha value is -7.40. The van der Waals surface area contributed by atoms with E-state index >= 15 is 0 Å². The van der Waals surface area contributed by atoms with E-state index in [-0.39, 0.29) is 16.2 Å². The number of aliphatic hydroxyl groups excluding tert-OH is 3. The molecule has 22 heteroatoms. The molecule has 7 rings (SSSR count). The smallest absolute Gasteiger partial charge is 0.344 e. The topological polar surface area (TPSA) is 374 Å². The summed E-state index contributed by atoms with van der Waals surface area (Å²) in [7, 11) is 0. The van der Waals surface area contributed by atoms with Gasteiger partial charge >= 0.3 is 23.2 Å². The predicted molar refractivity (Wildman–Crippen MR) is 178 cm³/mol. The molecule has 4 aromatic carbocycles. The molecule has 292 valence electrons. The van der Waals surface area contributed by atoms with Gasteiger partial charge in [0.25, 0.3) is 0 Å². The summed E-state index contributed by atoms with van der Waals surface area (Å²) >= 11 is 0. The van der Waals surface area contributed by atoms with Crippen LogP contribution in [0.2, 0.25) is 0 Å². The number of ether oxygens (including phenoxy) is 4. The summed E-state index contributed by atoms with van der Waals surface area (Å²) in [6.07, 6.45) is -10.4. The van der Waals surface area contributed by atoms with Crippen molar-refractivity contribution in [3.63, 3.8) is 0 Å². The summed E-state index contributed by atoms with van der Waals surface area (Å²) < 4.78 is 31.4. The largest absolute Gasteiger partial charge is 0.504 e. The maximum absolute atomic E-state index is 13.7. The van der Waals surface area contributed by atoms with E-state index in [1.54, 1.807) is 0 Å². The van der Waals surface area contributed by atoms with E-state index in [1.807, 2.05) is 0 Å². The van der Waals surface area contributed by atoms with Crippen molar-refractivity contribution in [2.45, 2.75) is 30.7 Å². The first-order chi connectivity index (χ1) is 26.4. The fourth-order valence-corrected chi connectivity index (χ4v) is 6.06. The van der Waals surface area contributed by atoms with Gasteiger partial charge in [-0.25, -0.2) is 19.2 Å². The average Bonchev–Trinajstić information content (AvgIpc) is 3.15. The Kier molecular flexibility index (Phi) is 8.69. The van der Waals surface area contributed by atoms with Crippen LogP contribution < -0.4 is 16.0 Å². The van der Waals surface area contributed by atoms with Gasteiger partial charge in [0.15, 0.2) is 69.9 Å². The Morgan fingerprint density at radius 3 is 1.77 bits per heavy atom. The number of carbonyl (C=O) groups excluding carboxylic acids is 2. The lowest BCUT2D eigenvalue weighted by Crippen LogP contribution is -2.61. The van der Waals surface area contributed by atoms with Gasteiger partial charge in [-0.1, -0.05) is 0 Å². The molecule has 12 N–H and O–H groups in total. The van der Waals surface area contributed by atoms with Crippen LogP contribution in [0.5, 0.6) is 63.2 Å². The van der Waals surface area contributed by atoms with Crippen LogP contribution in [0.3, 0.4) is 0 Å². The van der Waals surface area contributed by atoms with Crippen molar-refractivity contribution >= 4 is 44.6 Å². The molecule has 22 nitrogen and oxygen atoms in total. The molecule has 2 aromatic heterocycles. The van der Waals surface area contributed by atoms with E-state index in [4.69, 9.17) is 27.8 Å². The molecule has 0 bridgehead atoms. The summed E-state index contributed by atoms with van der Waals surface area (Å²) in [5, 5.41) is 122. The van der Waals surface area contributed by atoms with Gasteiger partial charge < -0.3 is 89.1 Å². The first kappa shape index (κ1) is 36.9. The molecule has 5 atom stereocenters. The molecule has 0 radical (unpaired) electrons. The quantitative estimate of drug-likeness (QED) is 0.0452. The minimum atomic E-state index is -2.31. The molecule has 3 heterocycles. The van der Waals surface area contributed by atoms with E-state index < -0.39 is 151 Å². The SMILES string of the molecule is O=C(O[C@@H]1[C@H](O)[C@@H](CO)O[C@@H](O)[C@@H]1OC(=O)c1cc(O)c(O)c(O)c1Oc1cc2c(=O)oc3c(O)c(O)cc4c(=O)oc(c1O)c2c34)c1cc(O)c(O)c(O)c1. The van der Waals surface area contributed by atoms with Crippen molar-refractivity contribution in [1.82, 2.24) is 0 Å². The number of carbonyl (C=O) groups is 2. The van der Waals surface area contributed by atoms with Crippen molar-refractivity contribution in [2.75, 3.05) is 6.61 Å². The number of benzene rings is 4. The maximum atomic E-state index is 13.7. The predicted octanol–water partition coefficient (Wildman–Crippen LogP) is 0.454. The molecule has 0 saturated carbocycles. The Bertz CT molecular complexity index is 2710. The normalized spacial score (nSPS) is 19.7. The average molecular weight is 785 g/mol. The zero-order chi connectivity index (χ0) is 40.7. The molecular weight excluding hydrogens is 760 g/mol. The Balaban J connectivity index is 1.29. The van der Waals surface area contributed by atoms with Gasteiger partial charge in [0.05, 0.1) is 22.9 Å². The molecule has 0 amide bonds. The molecular formula is C34H24O22. The van der Waals surface area contributed by atoms with E-state index in [0.717, 1.165) is 12.1 Å². The third-order valence-corrected chi connectivity index (χ3v) is 8.78. The third-order valence-electron chi connectivity index (χ3n) is 8.78. The van der Waals surface area contributed by atoms with Gasteiger partial charge in [0, 0.05) is 22.9 Å². The van der Waals surface area contributed by atoms with Crippen LogP contribution in [-0.4, -0.2) is 111 Å². The van der Waals surface area contributed by atoms with E-state index in [1.165, 1.54) is 0 Å². The van der Waals surface area contributed by atoms with Crippen molar-refractivity contribution in [3.8, 4) is 63.2 Å². The highest BCUT2D eigenvalue weighted by Crippen LogP contribution is 2.50. The van der Waals surface area contributed by atoms with Gasteiger partial charge in [-0.15, -0.1) is 0 Å². The van der Waals surface area contributed by atoms with E-state index in [2.05, 4.69) is 0 Å². The number of phenols is 9. The highest BCUT2D eigenvalue weighted by Gasteiger charge is 2.50. The first-order valence-corrected chi connectivity index (χ1v) is 15.6. The Morgan fingerprint density at radius 1 is 0.625 bits per heavy atom. The van der Waals surface area contributed by atoms with Crippen LogP contribution >= 0.6 is 0 Å². The molecule has 1 aliphatic heterocycles. The maximum Gasteiger partial charge on any atom is 0.344 e. The second kappa shape index (κ2) is 13.2. The minimum Gasteiger partial charge on any atom is -0.504 e. The molecule has 1 saturated heterocycles. The zero-order valence-corrected chi connectivity index (χ0v) is 27.4. The molecule has 0 spiro atoms. The van der Waals surface area contributed by atoms with E-state index in [9.17, 15) is 80.5 Å². The van der Waals surface area contributed by atoms with Gasteiger partial charge in [-0.3, -0.25) is 0 Å². The van der Waals surface area contributed by atoms with Crippen molar-refractivity contribution in [2.24, 2.45) is 0 Å². The Morgan fingerprint density at radius 2 is 1.16 bits per heavy atom. The summed E-state index contributed by atoms with van der Waals surface area (Å²) in [4.78, 5) is 52.7. The summed E-state index contributed by atoms with van der Waals surface area (Å²) in [5.41, 5.74) is -5.57. The van der Waals surface area contributed by atoms with Crippen LogP contribution in [0.4, 0.5) is 0 Å². The number of aliphatic hydroxyl groups is 3. The van der Waals surface area contributed by atoms with Gasteiger partial charge in [-0.2, -0.15) is 0 Å². The van der Waals surface area contributed by atoms with Gasteiger partial charge in [0.1, 0.15) is 17.8 Å². The molecule has 1 fully saturated rings. The lowest BCUT2D eigenvalue weighted by atomic mass is 9.98. The highest BCUT2D eigenvalue weighted by molar-refractivity contribution is 6.22. The number of aromatic hydroxyl groups is 9. The second-order valence-corrected chi connectivity index (χ2v) is 12.2. The highest BCUT2D eigenvalue weighted by atomic mass is 16.7. The number of phenolic OH excluding ortho intramolecular Hbond substituents is 9. The molecule has 56 heavy (non-hydrogen) atoms. The summed E-state index contributed by atoms with van der Waals surface area (Å²) in [5.74, 6) is -14.9.